The maximum Gasteiger partial charge on any atom is 0.266 e. The zero-order valence-corrected chi connectivity index (χ0v) is 14.9. The molecule has 0 spiro atoms. The molecule has 8 heteroatoms. The van der Waals surface area contributed by atoms with Crippen LogP contribution >= 0.6 is 27.3 Å². The summed E-state index contributed by atoms with van der Waals surface area (Å²) in [5.74, 6) is -0.815. The Morgan fingerprint density at radius 3 is 2.52 bits per heavy atom. The Morgan fingerprint density at radius 1 is 1.33 bits per heavy atom. The number of rotatable bonds is 3. The van der Waals surface area contributed by atoms with Crippen LogP contribution in [0.4, 0.5) is 9.52 Å². The third kappa shape index (κ3) is 3.81. The van der Waals surface area contributed by atoms with Gasteiger partial charge in [0.1, 0.15) is 10.7 Å². The van der Waals surface area contributed by atoms with Crippen LogP contribution in [-0.4, -0.2) is 13.4 Å². The molecule has 0 unspecified atom stereocenters. The molecule has 1 N–H and O–H groups in total. The highest BCUT2D eigenvalue weighted by Gasteiger charge is 2.23. The minimum absolute atomic E-state index is 0.178. The number of hydrogen-bond acceptors (Lipinski definition) is 4. The lowest BCUT2D eigenvalue weighted by Gasteiger charge is -2.14. The van der Waals surface area contributed by atoms with Crippen LogP contribution in [0.25, 0.3) is 0 Å². The molecule has 2 rings (SSSR count). The van der Waals surface area contributed by atoms with E-state index in [0.717, 1.165) is 11.8 Å². The summed E-state index contributed by atoms with van der Waals surface area (Å²) >= 11 is 4.26. The SMILES string of the molecule is CC(C)(C)c1csc(NS(=O)(=O)c2ccc(Br)cc2F)n1. The predicted octanol–water partition coefficient (Wildman–Crippen LogP) is 4.14. The molecule has 0 aliphatic heterocycles. The van der Waals surface area contributed by atoms with Crippen LogP contribution in [0.15, 0.2) is 32.9 Å². The number of benzene rings is 1. The van der Waals surface area contributed by atoms with Crippen LogP contribution in [0.5, 0.6) is 0 Å². The zero-order chi connectivity index (χ0) is 15.8. The molecule has 4 nitrogen and oxygen atoms in total. The van der Waals surface area contributed by atoms with Crippen molar-refractivity contribution in [2.45, 2.75) is 31.1 Å². The Bertz CT molecular complexity index is 767. The van der Waals surface area contributed by atoms with E-state index in [1.807, 2.05) is 20.8 Å². The van der Waals surface area contributed by atoms with Gasteiger partial charge >= 0.3 is 0 Å². The number of sulfonamides is 1. The molecule has 1 aromatic carbocycles. The van der Waals surface area contributed by atoms with Crippen molar-refractivity contribution >= 4 is 42.4 Å². The summed E-state index contributed by atoms with van der Waals surface area (Å²) in [4.78, 5) is 3.83. The zero-order valence-electron chi connectivity index (χ0n) is 11.6. The summed E-state index contributed by atoms with van der Waals surface area (Å²) in [6.45, 7) is 5.94. The second-order valence-electron chi connectivity index (χ2n) is 5.47. The van der Waals surface area contributed by atoms with E-state index < -0.39 is 20.7 Å². The van der Waals surface area contributed by atoms with Crippen LogP contribution in [0.2, 0.25) is 0 Å². The Kier molecular flexibility index (Phi) is 4.41. The largest absolute Gasteiger partial charge is 0.266 e. The molecule has 0 saturated carbocycles. The molecule has 0 aliphatic carbocycles. The normalized spacial score (nSPS) is 12.4. The Balaban J connectivity index is 2.31. The molecular weight excluding hydrogens is 379 g/mol. The Labute approximate surface area is 135 Å². The molecule has 21 heavy (non-hydrogen) atoms. The van der Waals surface area contributed by atoms with E-state index in [-0.39, 0.29) is 10.5 Å². The lowest BCUT2D eigenvalue weighted by Crippen LogP contribution is -2.16. The number of nitrogens with one attached hydrogen (secondary N) is 1. The molecular formula is C13H14BrFN2O2S2. The van der Waals surface area contributed by atoms with Gasteiger partial charge < -0.3 is 0 Å². The maximum absolute atomic E-state index is 13.8. The monoisotopic (exact) mass is 392 g/mol. The molecule has 2 aromatic rings. The number of hydrogen-bond donors (Lipinski definition) is 1. The van der Waals surface area contributed by atoms with Gasteiger partial charge in [0.15, 0.2) is 5.13 Å². The summed E-state index contributed by atoms with van der Waals surface area (Å²) < 4.78 is 40.9. The average Bonchev–Trinajstić information content (AvgIpc) is 2.75. The minimum atomic E-state index is -3.99. The molecule has 0 saturated heterocycles. The molecule has 114 valence electrons. The summed E-state index contributed by atoms with van der Waals surface area (Å²) in [5.41, 5.74) is 0.602. The van der Waals surface area contributed by atoms with Crippen molar-refractivity contribution in [3.8, 4) is 0 Å². The van der Waals surface area contributed by atoms with Gasteiger partial charge in [-0.25, -0.2) is 17.8 Å². The first-order valence-electron chi connectivity index (χ1n) is 6.03. The van der Waals surface area contributed by atoms with Crippen LogP contribution in [0.3, 0.4) is 0 Å². The molecule has 0 bridgehead atoms. The number of nitrogens with zero attached hydrogens (tertiary/aromatic N) is 1. The van der Waals surface area contributed by atoms with Crippen molar-refractivity contribution < 1.29 is 12.8 Å². The second-order valence-corrected chi connectivity index (χ2v) is 8.89. The first-order chi connectivity index (χ1) is 9.59. The quantitative estimate of drug-likeness (QED) is 0.853. The first-order valence-corrected chi connectivity index (χ1v) is 9.19. The van der Waals surface area contributed by atoms with Crippen LogP contribution < -0.4 is 4.72 Å². The number of halogens is 2. The van der Waals surface area contributed by atoms with Gasteiger partial charge in [0, 0.05) is 15.3 Å². The second kappa shape index (κ2) is 5.66. The molecule has 0 aliphatic rings. The number of anilines is 1. The van der Waals surface area contributed by atoms with Crippen LogP contribution in [0, 0.1) is 5.82 Å². The van der Waals surface area contributed by atoms with Gasteiger partial charge in [-0.2, -0.15) is 0 Å². The standard InChI is InChI=1S/C13H14BrFN2O2S2/c1-13(2,3)11-7-20-12(16-11)17-21(18,19)10-5-4-8(14)6-9(10)15/h4-7H,1-3H3,(H,16,17). The molecule has 0 radical (unpaired) electrons. The minimum Gasteiger partial charge on any atom is -0.255 e. The summed E-state index contributed by atoms with van der Waals surface area (Å²) in [6, 6.07) is 3.79. The van der Waals surface area contributed by atoms with Gasteiger partial charge in [0.05, 0.1) is 5.69 Å². The fourth-order valence-corrected chi connectivity index (χ4v) is 4.11. The van der Waals surface area contributed by atoms with Crippen molar-refractivity contribution in [3.05, 3.63) is 39.6 Å². The molecule has 1 heterocycles. The van der Waals surface area contributed by atoms with Crippen LogP contribution in [0.1, 0.15) is 26.5 Å². The number of thiazole rings is 1. The van der Waals surface area contributed by atoms with Gasteiger partial charge in [-0.3, -0.25) is 4.72 Å². The molecule has 0 amide bonds. The fourth-order valence-electron chi connectivity index (χ4n) is 1.53. The van der Waals surface area contributed by atoms with E-state index in [0.29, 0.717) is 4.47 Å². The third-order valence-corrected chi connectivity index (χ3v) is 5.43. The molecule has 0 fully saturated rings. The van der Waals surface area contributed by atoms with E-state index in [4.69, 9.17) is 0 Å². The van der Waals surface area contributed by atoms with E-state index in [2.05, 4.69) is 25.6 Å². The van der Waals surface area contributed by atoms with Crippen molar-refractivity contribution in [1.82, 2.24) is 4.98 Å². The fraction of sp³-hybridized carbons (Fsp3) is 0.308. The van der Waals surface area contributed by atoms with E-state index in [1.165, 1.54) is 23.5 Å². The lowest BCUT2D eigenvalue weighted by atomic mass is 9.93. The van der Waals surface area contributed by atoms with E-state index in [1.54, 1.807) is 5.38 Å². The predicted molar refractivity (Wildman–Crippen MR) is 85.7 cm³/mol. The summed E-state index contributed by atoms with van der Waals surface area (Å²) in [7, 11) is -3.99. The topological polar surface area (TPSA) is 59.1 Å². The van der Waals surface area contributed by atoms with Gasteiger partial charge in [-0.1, -0.05) is 36.7 Å². The van der Waals surface area contributed by atoms with Gasteiger partial charge in [0.25, 0.3) is 10.0 Å². The van der Waals surface area contributed by atoms with Gasteiger partial charge in [-0.05, 0) is 18.2 Å². The third-order valence-electron chi connectivity index (χ3n) is 2.68. The highest BCUT2D eigenvalue weighted by molar-refractivity contribution is 9.10. The van der Waals surface area contributed by atoms with Gasteiger partial charge in [0.2, 0.25) is 0 Å². The molecule has 1 aromatic heterocycles. The summed E-state index contributed by atoms with van der Waals surface area (Å²) in [5, 5.41) is 2.01. The van der Waals surface area contributed by atoms with Gasteiger partial charge in [-0.15, -0.1) is 11.3 Å². The van der Waals surface area contributed by atoms with Crippen molar-refractivity contribution in [2.75, 3.05) is 4.72 Å². The maximum atomic E-state index is 13.8. The lowest BCUT2D eigenvalue weighted by molar-refractivity contribution is 0.568. The van der Waals surface area contributed by atoms with Crippen LogP contribution in [-0.2, 0) is 15.4 Å². The highest BCUT2D eigenvalue weighted by Crippen LogP contribution is 2.28. The van der Waals surface area contributed by atoms with Crippen molar-refractivity contribution in [3.63, 3.8) is 0 Å². The Hall–Kier alpha value is -0.990. The smallest absolute Gasteiger partial charge is 0.255 e. The highest BCUT2D eigenvalue weighted by atomic mass is 79.9. The first kappa shape index (κ1) is 16.4. The number of aromatic nitrogens is 1. The molecule has 0 atom stereocenters. The van der Waals surface area contributed by atoms with E-state index in [9.17, 15) is 12.8 Å². The van der Waals surface area contributed by atoms with Crippen molar-refractivity contribution in [1.29, 1.82) is 0 Å². The summed E-state index contributed by atoms with van der Waals surface area (Å²) in [6.07, 6.45) is 0. The van der Waals surface area contributed by atoms with Crippen molar-refractivity contribution in [2.24, 2.45) is 0 Å². The Morgan fingerprint density at radius 2 is 2.00 bits per heavy atom. The average molecular weight is 393 g/mol. The van der Waals surface area contributed by atoms with E-state index >= 15 is 0 Å².